The van der Waals surface area contributed by atoms with E-state index in [4.69, 9.17) is 0 Å². The lowest BCUT2D eigenvalue weighted by Crippen LogP contribution is -2.38. The molecule has 2 aromatic carbocycles. The zero-order chi connectivity index (χ0) is 14.2. The van der Waals surface area contributed by atoms with Crippen LogP contribution in [0.2, 0.25) is 0 Å². The molecule has 1 atom stereocenters. The molecule has 3 heteroatoms. The second-order valence-electron chi connectivity index (χ2n) is 5.56. The van der Waals surface area contributed by atoms with Crippen molar-refractivity contribution >= 4 is 15.9 Å². The molecule has 1 aliphatic rings. The third-order valence-corrected chi connectivity index (χ3v) is 4.94. The summed E-state index contributed by atoms with van der Waals surface area (Å²) in [6.07, 6.45) is 2.69. The van der Waals surface area contributed by atoms with Gasteiger partial charge in [0.05, 0.1) is 10.1 Å². The highest BCUT2D eigenvalue weighted by molar-refractivity contribution is 9.10. The average Bonchev–Trinajstić information content (AvgIpc) is 2.44. The van der Waals surface area contributed by atoms with Crippen LogP contribution in [0.4, 0.5) is 4.39 Å². The molecule has 0 saturated heterocycles. The highest BCUT2D eigenvalue weighted by atomic mass is 79.9. The van der Waals surface area contributed by atoms with Gasteiger partial charge in [-0.3, -0.25) is 0 Å². The van der Waals surface area contributed by atoms with Crippen LogP contribution in [0, 0.1) is 5.82 Å². The zero-order valence-electron chi connectivity index (χ0n) is 11.1. The van der Waals surface area contributed by atoms with Crippen molar-refractivity contribution in [2.45, 2.75) is 31.3 Å². The average molecular weight is 335 g/mol. The van der Waals surface area contributed by atoms with Crippen molar-refractivity contribution < 1.29 is 9.50 Å². The molecule has 1 N–H and O–H groups in total. The molecule has 0 bridgehead atoms. The van der Waals surface area contributed by atoms with E-state index in [-0.39, 0.29) is 5.82 Å². The van der Waals surface area contributed by atoms with Crippen LogP contribution in [0.15, 0.2) is 46.9 Å². The SMILES string of the molecule is OC1(Cc2cccc(F)c2Br)CCc2ccccc2C1. The smallest absolute Gasteiger partial charge is 0.137 e. The maximum atomic E-state index is 13.6. The lowest BCUT2D eigenvalue weighted by Gasteiger charge is -2.34. The second kappa shape index (κ2) is 5.30. The number of fused-ring (bicyclic) bond motifs is 1. The predicted molar refractivity (Wildman–Crippen MR) is 81.2 cm³/mol. The van der Waals surface area contributed by atoms with Crippen LogP contribution in [-0.2, 0) is 19.3 Å². The van der Waals surface area contributed by atoms with Gasteiger partial charge in [0.1, 0.15) is 5.82 Å². The third kappa shape index (κ3) is 2.65. The molecule has 104 valence electrons. The number of rotatable bonds is 2. The quantitative estimate of drug-likeness (QED) is 0.878. The molecule has 20 heavy (non-hydrogen) atoms. The summed E-state index contributed by atoms with van der Waals surface area (Å²) in [4.78, 5) is 0. The van der Waals surface area contributed by atoms with E-state index in [1.54, 1.807) is 6.07 Å². The van der Waals surface area contributed by atoms with E-state index in [0.29, 0.717) is 23.7 Å². The minimum atomic E-state index is -0.787. The summed E-state index contributed by atoms with van der Waals surface area (Å²) in [5.41, 5.74) is 2.56. The van der Waals surface area contributed by atoms with E-state index >= 15 is 0 Å². The van der Waals surface area contributed by atoms with Crippen molar-refractivity contribution in [2.24, 2.45) is 0 Å². The van der Waals surface area contributed by atoms with Crippen LogP contribution in [0.25, 0.3) is 0 Å². The van der Waals surface area contributed by atoms with Gasteiger partial charge in [0.25, 0.3) is 0 Å². The lowest BCUT2D eigenvalue weighted by molar-refractivity contribution is 0.0265. The highest BCUT2D eigenvalue weighted by Crippen LogP contribution is 2.33. The first kappa shape index (κ1) is 13.8. The Kier molecular flexibility index (Phi) is 3.65. The van der Waals surface area contributed by atoms with E-state index in [9.17, 15) is 9.50 Å². The predicted octanol–water partition coefficient (Wildman–Crippen LogP) is 4.05. The van der Waals surface area contributed by atoms with Crippen LogP contribution in [0.3, 0.4) is 0 Å². The molecule has 1 aliphatic carbocycles. The summed E-state index contributed by atoms with van der Waals surface area (Å²) < 4.78 is 14.0. The molecule has 0 aromatic heterocycles. The molecule has 0 radical (unpaired) electrons. The van der Waals surface area contributed by atoms with Gasteiger partial charge < -0.3 is 5.11 Å². The third-order valence-electron chi connectivity index (χ3n) is 4.05. The minimum absolute atomic E-state index is 0.276. The number of hydrogen-bond donors (Lipinski definition) is 1. The van der Waals surface area contributed by atoms with Crippen molar-refractivity contribution in [3.63, 3.8) is 0 Å². The maximum absolute atomic E-state index is 13.6. The Labute approximate surface area is 126 Å². The number of aliphatic hydroxyl groups is 1. The first-order valence-electron chi connectivity index (χ1n) is 6.79. The Morgan fingerprint density at radius 1 is 1.10 bits per heavy atom. The van der Waals surface area contributed by atoms with Crippen LogP contribution in [0.1, 0.15) is 23.1 Å². The van der Waals surface area contributed by atoms with Crippen molar-refractivity contribution in [1.82, 2.24) is 0 Å². The Morgan fingerprint density at radius 2 is 1.85 bits per heavy atom. The standard InChI is InChI=1S/C17H16BrFO/c18-16-14(6-3-7-15(16)19)11-17(20)9-8-12-4-1-2-5-13(12)10-17/h1-7,20H,8-11H2. The topological polar surface area (TPSA) is 20.2 Å². The molecule has 0 aliphatic heterocycles. The molecular weight excluding hydrogens is 319 g/mol. The number of halogens is 2. The summed E-state index contributed by atoms with van der Waals surface area (Å²) in [5.74, 6) is -0.276. The lowest BCUT2D eigenvalue weighted by atomic mass is 9.77. The van der Waals surface area contributed by atoms with Crippen LogP contribution < -0.4 is 0 Å². The van der Waals surface area contributed by atoms with E-state index < -0.39 is 5.60 Å². The molecule has 3 rings (SSSR count). The zero-order valence-corrected chi connectivity index (χ0v) is 12.7. The monoisotopic (exact) mass is 334 g/mol. The van der Waals surface area contributed by atoms with Crippen LogP contribution in [0.5, 0.6) is 0 Å². The first-order valence-corrected chi connectivity index (χ1v) is 7.59. The van der Waals surface area contributed by atoms with Gasteiger partial charge in [-0.15, -0.1) is 0 Å². The Bertz CT molecular complexity index is 641. The van der Waals surface area contributed by atoms with Crippen LogP contribution >= 0.6 is 15.9 Å². The van der Waals surface area contributed by atoms with Gasteiger partial charge in [0, 0.05) is 12.8 Å². The van der Waals surface area contributed by atoms with Gasteiger partial charge >= 0.3 is 0 Å². The molecule has 1 nitrogen and oxygen atoms in total. The number of aryl methyl sites for hydroxylation is 1. The normalized spacial score (nSPS) is 21.6. The fourth-order valence-corrected chi connectivity index (χ4v) is 3.38. The summed E-state index contributed by atoms with van der Waals surface area (Å²) in [5, 5.41) is 10.8. The van der Waals surface area contributed by atoms with Crippen LogP contribution in [-0.4, -0.2) is 10.7 Å². The van der Waals surface area contributed by atoms with Gasteiger partial charge in [0.2, 0.25) is 0 Å². The largest absolute Gasteiger partial charge is 0.389 e. The molecule has 2 aromatic rings. The van der Waals surface area contributed by atoms with Gasteiger partial charge in [-0.1, -0.05) is 36.4 Å². The number of benzene rings is 2. The fourth-order valence-electron chi connectivity index (χ4n) is 2.97. The fraction of sp³-hybridized carbons (Fsp3) is 0.294. The summed E-state index contributed by atoms with van der Waals surface area (Å²) in [6, 6.07) is 13.2. The molecule has 0 spiro atoms. The second-order valence-corrected chi connectivity index (χ2v) is 6.35. The maximum Gasteiger partial charge on any atom is 0.137 e. The van der Waals surface area contributed by atoms with Crippen molar-refractivity contribution in [3.05, 3.63) is 69.4 Å². The Hall–Kier alpha value is -1.19. The first-order chi connectivity index (χ1) is 9.57. The van der Waals surface area contributed by atoms with Gasteiger partial charge in [0.15, 0.2) is 0 Å². The van der Waals surface area contributed by atoms with E-state index in [1.165, 1.54) is 17.2 Å². The Balaban J connectivity index is 1.86. The van der Waals surface area contributed by atoms with Crippen molar-refractivity contribution in [3.8, 4) is 0 Å². The molecule has 1 unspecified atom stereocenters. The van der Waals surface area contributed by atoms with E-state index in [1.807, 2.05) is 18.2 Å². The molecule has 0 saturated carbocycles. The molecular formula is C17H16BrFO. The highest BCUT2D eigenvalue weighted by Gasteiger charge is 2.32. The van der Waals surface area contributed by atoms with E-state index in [2.05, 4.69) is 28.1 Å². The van der Waals surface area contributed by atoms with Crippen molar-refractivity contribution in [1.29, 1.82) is 0 Å². The molecule has 0 fully saturated rings. The van der Waals surface area contributed by atoms with Gasteiger partial charge in [-0.2, -0.15) is 0 Å². The van der Waals surface area contributed by atoms with Gasteiger partial charge in [-0.25, -0.2) is 4.39 Å². The van der Waals surface area contributed by atoms with E-state index in [0.717, 1.165) is 12.0 Å². The number of hydrogen-bond acceptors (Lipinski definition) is 1. The minimum Gasteiger partial charge on any atom is -0.389 e. The molecule has 0 amide bonds. The molecule has 0 heterocycles. The summed E-state index contributed by atoms with van der Waals surface area (Å²) in [7, 11) is 0. The van der Waals surface area contributed by atoms with Crippen molar-refractivity contribution in [2.75, 3.05) is 0 Å². The summed E-state index contributed by atoms with van der Waals surface area (Å²) >= 11 is 3.28. The van der Waals surface area contributed by atoms with Gasteiger partial charge in [-0.05, 0) is 51.5 Å². The Morgan fingerprint density at radius 3 is 2.65 bits per heavy atom. The summed E-state index contributed by atoms with van der Waals surface area (Å²) in [6.45, 7) is 0.